The SMILES string of the molecule is CCCN(CC)CCNC(=O)NC(COC)C(=O)O. The first-order valence-electron chi connectivity index (χ1n) is 6.53. The fourth-order valence-electron chi connectivity index (χ4n) is 1.62. The highest BCUT2D eigenvalue weighted by molar-refractivity contribution is 5.82. The molecule has 0 aromatic rings. The van der Waals surface area contributed by atoms with Gasteiger partial charge in [-0.3, -0.25) is 0 Å². The Balaban J connectivity index is 3.93. The molecule has 0 heterocycles. The van der Waals surface area contributed by atoms with Gasteiger partial charge in [-0.05, 0) is 19.5 Å². The minimum Gasteiger partial charge on any atom is -0.480 e. The Morgan fingerprint density at radius 3 is 2.47 bits per heavy atom. The van der Waals surface area contributed by atoms with Crippen LogP contribution in [0.5, 0.6) is 0 Å². The number of nitrogens with one attached hydrogen (secondary N) is 2. The van der Waals surface area contributed by atoms with Gasteiger partial charge in [-0.15, -0.1) is 0 Å². The van der Waals surface area contributed by atoms with Crippen LogP contribution < -0.4 is 10.6 Å². The van der Waals surface area contributed by atoms with E-state index in [9.17, 15) is 9.59 Å². The molecule has 112 valence electrons. The van der Waals surface area contributed by atoms with E-state index < -0.39 is 18.0 Å². The zero-order valence-corrected chi connectivity index (χ0v) is 11.9. The second-order valence-electron chi connectivity index (χ2n) is 4.18. The van der Waals surface area contributed by atoms with Crippen molar-refractivity contribution in [1.82, 2.24) is 15.5 Å². The highest BCUT2D eigenvalue weighted by Gasteiger charge is 2.19. The molecule has 0 saturated heterocycles. The molecule has 7 nitrogen and oxygen atoms in total. The lowest BCUT2D eigenvalue weighted by molar-refractivity contribution is -0.140. The van der Waals surface area contributed by atoms with E-state index in [1.54, 1.807) is 0 Å². The van der Waals surface area contributed by atoms with Crippen molar-refractivity contribution in [3.8, 4) is 0 Å². The van der Waals surface area contributed by atoms with Crippen LogP contribution in [-0.4, -0.2) is 67.9 Å². The van der Waals surface area contributed by atoms with Gasteiger partial charge in [0.15, 0.2) is 6.04 Å². The molecule has 0 bridgehead atoms. The van der Waals surface area contributed by atoms with Crippen LogP contribution in [-0.2, 0) is 9.53 Å². The maximum absolute atomic E-state index is 11.5. The molecule has 2 amide bonds. The van der Waals surface area contributed by atoms with E-state index in [1.807, 2.05) is 0 Å². The monoisotopic (exact) mass is 275 g/mol. The van der Waals surface area contributed by atoms with Crippen LogP contribution >= 0.6 is 0 Å². The molecule has 7 heteroatoms. The third-order valence-corrected chi connectivity index (χ3v) is 2.64. The van der Waals surface area contributed by atoms with Gasteiger partial charge in [0.2, 0.25) is 0 Å². The van der Waals surface area contributed by atoms with Gasteiger partial charge in [0.05, 0.1) is 6.61 Å². The molecule has 3 N–H and O–H groups in total. The number of methoxy groups -OCH3 is 1. The summed E-state index contributed by atoms with van der Waals surface area (Å²) in [4.78, 5) is 24.5. The van der Waals surface area contributed by atoms with E-state index in [2.05, 4.69) is 29.4 Å². The maximum atomic E-state index is 11.5. The van der Waals surface area contributed by atoms with Crippen molar-refractivity contribution in [3.63, 3.8) is 0 Å². The van der Waals surface area contributed by atoms with Crippen LogP contribution in [0, 0.1) is 0 Å². The van der Waals surface area contributed by atoms with Crippen LogP contribution in [0.25, 0.3) is 0 Å². The second kappa shape index (κ2) is 10.6. The molecule has 1 atom stereocenters. The van der Waals surface area contributed by atoms with Crippen molar-refractivity contribution in [1.29, 1.82) is 0 Å². The molecule has 0 saturated carbocycles. The Bertz CT molecular complexity index is 274. The van der Waals surface area contributed by atoms with Crippen molar-refractivity contribution in [2.45, 2.75) is 26.3 Å². The molecule has 0 rings (SSSR count). The molecule has 0 spiro atoms. The minimum absolute atomic E-state index is 0.0559. The van der Waals surface area contributed by atoms with Crippen molar-refractivity contribution in [2.75, 3.05) is 39.9 Å². The van der Waals surface area contributed by atoms with E-state index >= 15 is 0 Å². The molecule has 0 aromatic heterocycles. The van der Waals surface area contributed by atoms with E-state index in [4.69, 9.17) is 9.84 Å². The average Bonchev–Trinajstić information content (AvgIpc) is 2.37. The predicted molar refractivity (Wildman–Crippen MR) is 72.2 cm³/mol. The number of hydrogen-bond acceptors (Lipinski definition) is 4. The zero-order chi connectivity index (χ0) is 14.7. The van der Waals surface area contributed by atoms with E-state index in [0.717, 1.165) is 26.1 Å². The first-order chi connectivity index (χ1) is 9.04. The Morgan fingerprint density at radius 1 is 1.32 bits per heavy atom. The molecule has 0 aliphatic rings. The van der Waals surface area contributed by atoms with Gasteiger partial charge in [-0.25, -0.2) is 9.59 Å². The highest BCUT2D eigenvalue weighted by Crippen LogP contribution is 1.89. The number of nitrogens with zero attached hydrogens (tertiary/aromatic N) is 1. The molecule has 0 aliphatic heterocycles. The second-order valence-corrected chi connectivity index (χ2v) is 4.18. The summed E-state index contributed by atoms with van der Waals surface area (Å²) in [7, 11) is 1.39. The number of hydrogen-bond donors (Lipinski definition) is 3. The van der Waals surface area contributed by atoms with Gasteiger partial charge in [0.25, 0.3) is 0 Å². The minimum atomic E-state index is -1.11. The fraction of sp³-hybridized carbons (Fsp3) is 0.833. The van der Waals surface area contributed by atoms with Crippen molar-refractivity contribution in [3.05, 3.63) is 0 Å². The van der Waals surface area contributed by atoms with Gasteiger partial charge < -0.3 is 25.4 Å². The highest BCUT2D eigenvalue weighted by atomic mass is 16.5. The van der Waals surface area contributed by atoms with Crippen LogP contribution in [0.4, 0.5) is 4.79 Å². The van der Waals surface area contributed by atoms with Gasteiger partial charge >= 0.3 is 12.0 Å². The number of urea groups is 1. The Hall–Kier alpha value is -1.34. The fourth-order valence-corrected chi connectivity index (χ4v) is 1.62. The van der Waals surface area contributed by atoms with E-state index in [1.165, 1.54) is 7.11 Å². The molecule has 19 heavy (non-hydrogen) atoms. The lowest BCUT2D eigenvalue weighted by Gasteiger charge is -2.20. The topological polar surface area (TPSA) is 90.9 Å². The van der Waals surface area contributed by atoms with Crippen molar-refractivity contribution >= 4 is 12.0 Å². The van der Waals surface area contributed by atoms with Crippen molar-refractivity contribution in [2.24, 2.45) is 0 Å². The van der Waals surface area contributed by atoms with E-state index in [0.29, 0.717) is 6.54 Å². The number of carboxylic acids is 1. The molecule has 0 aliphatic carbocycles. The molecular formula is C12H25N3O4. The number of rotatable bonds is 10. The van der Waals surface area contributed by atoms with Crippen LogP contribution in [0.3, 0.4) is 0 Å². The van der Waals surface area contributed by atoms with Gasteiger partial charge in [-0.1, -0.05) is 13.8 Å². The van der Waals surface area contributed by atoms with Gasteiger partial charge in [0.1, 0.15) is 0 Å². The summed E-state index contributed by atoms with van der Waals surface area (Å²) in [6.45, 7) is 7.26. The third-order valence-electron chi connectivity index (χ3n) is 2.64. The largest absolute Gasteiger partial charge is 0.480 e. The van der Waals surface area contributed by atoms with Crippen LogP contribution in [0.15, 0.2) is 0 Å². The number of carbonyl (C=O) groups is 2. The smallest absolute Gasteiger partial charge is 0.328 e. The summed E-state index contributed by atoms with van der Waals surface area (Å²) >= 11 is 0. The van der Waals surface area contributed by atoms with Crippen molar-refractivity contribution < 1.29 is 19.4 Å². The molecule has 0 radical (unpaired) electrons. The lowest BCUT2D eigenvalue weighted by atomic mass is 10.3. The Labute approximate surface area is 114 Å². The maximum Gasteiger partial charge on any atom is 0.328 e. The summed E-state index contributed by atoms with van der Waals surface area (Å²) in [5, 5.41) is 13.8. The summed E-state index contributed by atoms with van der Waals surface area (Å²) in [6, 6.07) is -1.51. The number of likely N-dealkylation sites (N-methyl/N-ethyl adjacent to an activating group) is 1. The Morgan fingerprint density at radius 2 is 2.00 bits per heavy atom. The summed E-state index contributed by atoms with van der Waals surface area (Å²) in [5.74, 6) is -1.11. The first-order valence-corrected chi connectivity index (χ1v) is 6.53. The number of aliphatic carboxylic acids is 1. The van der Waals surface area contributed by atoms with E-state index in [-0.39, 0.29) is 6.61 Å². The standard InChI is InChI=1S/C12H25N3O4/c1-4-7-15(5-2)8-6-13-12(18)14-10(9-19-3)11(16)17/h10H,4-9H2,1-3H3,(H,16,17)(H2,13,14,18). The average molecular weight is 275 g/mol. The number of amides is 2. The summed E-state index contributed by atoms with van der Waals surface area (Å²) in [6.07, 6.45) is 1.06. The normalized spacial score (nSPS) is 12.2. The first kappa shape index (κ1) is 17.7. The summed E-state index contributed by atoms with van der Waals surface area (Å²) in [5.41, 5.74) is 0. The molecule has 0 fully saturated rings. The van der Waals surface area contributed by atoms with Crippen LogP contribution in [0.2, 0.25) is 0 Å². The number of carbonyl (C=O) groups excluding carboxylic acids is 1. The lowest BCUT2D eigenvalue weighted by Crippen LogP contribution is -2.49. The third kappa shape index (κ3) is 8.39. The Kier molecular flexibility index (Phi) is 9.82. The van der Waals surface area contributed by atoms with Gasteiger partial charge in [-0.2, -0.15) is 0 Å². The quantitative estimate of drug-likeness (QED) is 0.527. The molecule has 0 aromatic carbocycles. The number of ether oxygens (including phenoxy) is 1. The predicted octanol–water partition coefficient (Wildman–Crippen LogP) is 0.117. The van der Waals surface area contributed by atoms with Crippen LogP contribution in [0.1, 0.15) is 20.3 Å². The summed E-state index contributed by atoms with van der Waals surface area (Å²) < 4.78 is 4.73. The van der Waals surface area contributed by atoms with Gasteiger partial charge in [0, 0.05) is 20.2 Å². The number of carboxylic acid groups (broad SMARTS) is 1. The molecular weight excluding hydrogens is 250 g/mol. The molecule has 1 unspecified atom stereocenters. The zero-order valence-electron chi connectivity index (χ0n) is 11.9.